The van der Waals surface area contributed by atoms with Gasteiger partial charge >= 0.3 is 0 Å². The highest BCUT2D eigenvalue weighted by Gasteiger charge is 2.52. The minimum absolute atomic E-state index is 0.0192. The summed E-state index contributed by atoms with van der Waals surface area (Å²) in [5.41, 5.74) is 2.15. The second-order valence-corrected chi connectivity index (χ2v) is 8.44. The van der Waals surface area contributed by atoms with E-state index < -0.39 is 5.41 Å². The first kappa shape index (κ1) is 20.4. The van der Waals surface area contributed by atoms with Crippen LogP contribution >= 0.6 is 0 Å². The average molecular weight is 408 g/mol. The second-order valence-electron chi connectivity index (χ2n) is 8.44. The molecule has 1 aliphatic heterocycles. The molecule has 2 fully saturated rings. The molecule has 1 atom stereocenters. The zero-order valence-corrected chi connectivity index (χ0v) is 17.3. The number of oxime groups is 1. The SMILES string of the molecule is C/C(=N\O)c1cc(C2(C(=O)NC(CN3CCCC3)c3ccccc3)CC2)ccc1O. The molecule has 1 aliphatic carbocycles. The fraction of sp³-hybridized carbons (Fsp3) is 0.417. The van der Waals surface area contributed by atoms with Crippen LogP contribution in [0.5, 0.6) is 5.75 Å². The van der Waals surface area contributed by atoms with Crippen LogP contribution in [0.4, 0.5) is 0 Å². The molecular formula is C24H29N3O3. The number of aromatic hydroxyl groups is 1. The summed E-state index contributed by atoms with van der Waals surface area (Å²) in [6.07, 6.45) is 3.95. The van der Waals surface area contributed by atoms with E-state index in [0.29, 0.717) is 11.3 Å². The molecule has 3 N–H and O–H groups in total. The molecule has 1 saturated carbocycles. The number of phenolic OH excluding ortho intramolecular Hbond substituents is 1. The number of nitrogens with one attached hydrogen (secondary N) is 1. The van der Waals surface area contributed by atoms with Crippen LogP contribution < -0.4 is 5.32 Å². The van der Waals surface area contributed by atoms with Crippen LogP contribution in [-0.4, -0.2) is 46.5 Å². The van der Waals surface area contributed by atoms with Crippen LogP contribution in [0.3, 0.4) is 0 Å². The summed E-state index contributed by atoms with van der Waals surface area (Å²) in [5.74, 6) is 0.0623. The quantitative estimate of drug-likeness (QED) is 0.372. The Balaban J connectivity index is 1.58. The Labute approximate surface area is 177 Å². The predicted molar refractivity (Wildman–Crippen MR) is 116 cm³/mol. The van der Waals surface area contributed by atoms with Crippen molar-refractivity contribution in [2.24, 2.45) is 5.16 Å². The van der Waals surface area contributed by atoms with E-state index in [4.69, 9.17) is 5.21 Å². The third-order valence-electron chi connectivity index (χ3n) is 6.42. The lowest BCUT2D eigenvalue weighted by molar-refractivity contribution is -0.124. The van der Waals surface area contributed by atoms with Crippen molar-refractivity contribution in [1.82, 2.24) is 10.2 Å². The molecule has 4 rings (SSSR count). The van der Waals surface area contributed by atoms with Crippen molar-refractivity contribution in [2.75, 3.05) is 19.6 Å². The van der Waals surface area contributed by atoms with Gasteiger partial charge in [-0.3, -0.25) is 4.79 Å². The normalized spacial score (nSPS) is 19.4. The molecule has 158 valence electrons. The van der Waals surface area contributed by atoms with Crippen LogP contribution in [0.25, 0.3) is 0 Å². The Kier molecular flexibility index (Phi) is 5.77. The number of hydrogen-bond donors (Lipinski definition) is 3. The molecule has 2 aromatic carbocycles. The lowest BCUT2D eigenvalue weighted by atomic mass is 9.91. The van der Waals surface area contributed by atoms with Crippen molar-refractivity contribution >= 4 is 11.6 Å². The summed E-state index contributed by atoms with van der Waals surface area (Å²) in [7, 11) is 0. The third-order valence-corrected chi connectivity index (χ3v) is 6.42. The first-order chi connectivity index (χ1) is 14.5. The largest absolute Gasteiger partial charge is 0.507 e. The van der Waals surface area contributed by atoms with Gasteiger partial charge in [0.05, 0.1) is 17.2 Å². The van der Waals surface area contributed by atoms with Crippen molar-refractivity contribution < 1.29 is 15.1 Å². The summed E-state index contributed by atoms with van der Waals surface area (Å²) < 4.78 is 0. The molecule has 0 radical (unpaired) electrons. The summed E-state index contributed by atoms with van der Waals surface area (Å²) >= 11 is 0. The van der Waals surface area contributed by atoms with Crippen molar-refractivity contribution in [1.29, 1.82) is 0 Å². The number of likely N-dealkylation sites (tertiary alicyclic amines) is 1. The van der Waals surface area contributed by atoms with Gasteiger partial charge in [-0.05, 0) is 69.0 Å². The highest BCUT2D eigenvalue weighted by molar-refractivity contribution is 6.01. The fourth-order valence-corrected chi connectivity index (χ4v) is 4.39. The van der Waals surface area contributed by atoms with E-state index in [1.165, 1.54) is 12.8 Å². The van der Waals surface area contributed by atoms with Crippen LogP contribution in [0.2, 0.25) is 0 Å². The van der Waals surface area contributed by atoms with Gasteiger partial charge in [-0.15, -0.1) is 0 Å². The molecule has 1 amide bonds. The van der Waals surface area contributed by atoms with Gasteiger partial charge in [0.1, 0.15) is 5.75 Å². The molecule has 6 nitrogen and oxygen atoms in total. The van der Waals surface area contributed by atoms with Gasteiger partial charge in [0, 0.05) is 12.1 Å². The summed E-state index contributed by atoms with van der Waals surface area (Å²) in [5, 5.41) is 25.7. The molecule has 0 spiro atoms. The number of nitrogens with zero attached hydrogens (tertiary/aromatic N) is 2. The number of benzene rings is 2. The Hall–Kier alpha value is -2.86. The van der Waals surface area contributed by atoms with Crippen LogP contribution in [0.15, 0.2) is 53.7 Å². The van der Waals surface area contributed by atoms with Crippen LogP contribution in [0.1, 0.15) is 55.3 Å². The van der Waals surface area contributed by atoms with Crippen molar-refractivity contribution in [3.05, 3.63) is 65.2 Å². The van der Waals surface area contributed by atoms with Gasteiger partial charge in [0.25, 0.3) is 0 Å². The van der Waals surface area contributed by atoms with Crippen molar-refractivity contribution in [3.63, 3.8) is 0 Å². The van der Waals surface area contributed by atoms with E-state index in [0.717, 1.165) is 43.6 Å². The highest BCUT2D eigenvalue weighted by atomic mass is 16.4. The van der Waals surface area contributed by atoms with Gasteiger partial charge < -0.3 is 20.5 Å². The lowest BCUT2D eigenvalue weighted by Crippen LogP contribution is -2.42. The van der Waals surface area contributed by atoms with E-state index in [9.17, 15) is 9.90 Å². The Morgan fingerprint density at radius 2 is 1.87 bits per heavy atom. The van der Waals surface area contributed by atoms with Crippen LogP contribution in [-0.2, 0) is 10.2 Å². The summed E-state index contributed by atoms with van der Waals surface area (Å²) in [6, 6.07) is 15.2. The highest BCUT2D eigenvalue weighted by Crippen LogP contribution is 2.49. The Morgan fingerprint density at radius 1 is 1.17 bits per heavy atom. The van der Waals surface area contributed by atoms with Crippen molar-refractivity contribution in [2.45, 2.75) is 44.1 Å². The number of hydrogen-bond acceptors (Lipinski definition) is 5. The van der Waals surface area contributed by atoms with E-state index in [-0.39, 0.29) is 17.7 Å². The summed E-state index contributed by atoms with van der Waals surface area (Å²) in [4.78, 5) is 15.9. The van der Waals surface area contributed by atoms with E-state index >= 15 is 0 Å². The topological polar surface area (TPSA) is 85.2 Å². The predicted octanol–water partition coefficient (Wildman–Crippen LogP) is 3.58. The third kappa shape index (κ3) is 4.05. The molecule has 30 heavy (non-hydrogen) atoms. The van der Waals surface area contributed by atoms with E-state index in [1.807, 2.05) is 18.2 Å². The van der Waals surface area contributed by atoms with E-state index in [1.54, 1.807) is 25.1 Å². The lowest BCUT2D eigenvalue weighted by Gasteiger charge is -2.27. The zero-order valence-electron chi connectivity index (χ0n) is 17.3. The fourth-order valence-electron chi connectivity index (χ4n) is 4.39. The number of amides is 1. The molecule has 2 aromatic rings. The minimum Gasteiger partial charge on any atom is -0.507 e. The molecule has 0 aromatic heterocycles. The van der Waals surface area contributed by atoms with Gasteiger partial charge in [0.15, 0.2) is 0 Å². The second kappa shape index (κ2) is 8.48. The smallest absolute Gasteiger partial charge is 0.231 e. The van der Waals surface area contributed by atoms with Gasteiger partial charge in [-0.2, -0.15) is 0 Å². The molecule has 1 saturated heterocycles. The molecule has 1 heterocycles. The standard InChI is InChI=1S/C24H29N3O3/c1-17(26-30)20-15-19(9-10-22(20)28)24(11-12-24)23(29)25-21(16-27-13-5-6-14-27)18-7-3-2-4-8-18/h2-4,7-10,15,21,28,30H,5-6,11-14,16H2,1H3,(H,25,29)/b26-17+. The monoisotopic (exact) mass is 407 g/mol. The molecule has 6 heteroatoms. The molecular weight excluding hydrogens is 378 g/mol. The minimum atomic E-state index is -0.587. The summed E-state index contributed by atoms with van der Waals surface area (Å²) in [6.45, 7) is 4.58. The van der Waals surface area contributed by atoms with Crippen LogP contribution in [0, 0.1) is 0 Å². The van der Waals surface area contributed by atoms with Gasteiger partial charge in [-0.25, -0.2) is 0 Å². The average Bonchev–Trinajstić information content (AvgIpc) is 3.43. The number of phenols is 1. The molecule has 2 aliphatic rings. The Bertz CT molecular complexity index is 932. The first-order valence-corrected chi connectivity index (χ1v) is 10.6. The number of carbonyl (C=O) groups is 1. The zero-order chi connectivity index (χ0) is 21.1. The van der Waals surface area contributed by atoms with Crippen molar-refractivity contribution in [3.8, 4) is 5.75 Å². The Morgan fingerprint density at radius 3 is 2.50 bits per heavy atom. The maximum atomic E-state index is 13.4. The maximum Gasteiger partial charge on any atom is 0.231 e. The van der Waals surface area contributed by atoms with E-state index in [2.05, 4.69) is 27.5 Å². The number of rotatable bonds is 7. The number of carbonyl (C=O) groups excluding carboxylic acids is 1. The molecule has 1 unspecified atom stereocenters. The molecule has 0 bridgehead atoms. The maximum absolute atomic E-state index is 13.4. The van der Waals surface area contributed by atoms with Gasteiger partial charge in [-0.1, -0.05) is 41.6 Å². The van der Waals surface area contributed by atoms with Gasteiger partial charge in [0.2, 0.25) is 5.91 Å². The first-order valence-electron chi connectivity index (χ1n) is 10.6.